The van der Waals surface area contributed by atoms with E-state index in [1.807, 2.05) is 35.7 Å². The van der Waals surface area contributed by atoms with Crippen molar-refractivity contribution < 1.29 is 9.21 Å². The number of nitrogens with one attached hydrogen (secondary N) is 1. The number of aromatic nitrogens is 2. The van der Waals surface area contributed by atoms with Crippen molar-refractivity contribution in [3.8, 4) is 0 Å². The van der Waals surface area contributed by atoms with Gasteiger partial charge in [-0.15, -0.1) is 11.3 Å². The molecule has 0 aliphatic rings. The molecule has 0 aliphatic carbocycles. The third-order valence-corrected chi connectivity index (χ3v) is 4.86. The third kappa shape index (κ3) is 3.16. The summed E-state index contributed by atoms with van der Waals surface area (Å²) < 4.78 is 6.25. The number of furan rings is 1. The molecular formula is C19H15N3O3S. The fraction of sp³-hybridized carbons (Fsp3) is 0.105. The monoisotopic (exact) mass is 365 g/mol. The molecular weight excluding hydrogens is 350 g/mol. The zero-order chi connectivity index (χ0) is 18.1. The number of carbonyl (C=O) groups excluding carboxylic acids is 1. The zero-order valence-electron chi connectivity index (χ0n) is 13.9. The molecule has 4 rings (SSSR count). The quantitative estimate of drug-likeness (QED) is 0.562. The normalized spacial score (nSPS) is 11.6. The van der Waals surface area contributed by atoms with Crippen molar-refractivity contribution in [2.24, 2.45) is 0 Å². The molecule has 130 valence electrons. The average molecular weight is 365 g/mol. The van der Waals surface area contributed by atoms with Gasteiger partial charge in [0.15, 0.2) is 0 Å². The molecule has 0 aliphatic heterocycles. The summed E-state index contributed by atoms with van der Waals surface area (Å²) in [5.41, 5.74) is 1.24. The van der Waals surface area contributed by atoms with Crippen LogP contribution in [0.2, 0.25) is 0 Å². The van der Waals surface area contributed by atoms with E-state index in [-0.39, 0.29) is 18.0 Å². The van der Waals surface area contributed by atoms with Crippen LogP contribution in [0.3, 0.4) is 0 Å². The molecule has 0 saturated heterocycles. The van der Waals surface area contributed by atoms with Crippen molar-refractivity contribution in [3.05, 3.63) is 69.8 Å². The van der Waals surface area contributed by atoms with E-state index < -0.39 is 0 Å². The highest BCUT2D eigenvalue weighted by molar-refractivity contribution is 7.17. The molecule has 3 heterocycles. The maximum Gasteiger partial charge on any atom is 0.268 e. The molecule has 4 aromatic rings. The maximum atomic E-state index is 12.3. The van der Waals surface area contributed by atoms with E-state index in [0.29, 0.717) is 21.8 Å². The number of amides is 1. The van der Waals surface area contributed by atoms with Crippen LogP contribution in [0.25, 0.3) is 27.3 Å². The first-order chi connectivity index (χ1) is 12.6. The Morgan fingerprint density at radius 2 is 2.19 bits per heavy atom. The van der Waals surface area contributed by atoms with Crippen molar-refractivity contribution in [3.63, 3.8) is 0 Å². The van der Waals surface area contributed by atoms with Gasteiger partial charge in [-0.05, 0) is 29.7 Å². The molecule has 1 N–H and O–H groups in total. The molecule has 1 amide bonds. The summed E-state index contributed by atoms with van der Waals surface area (Å²) in [4.78, 5) is 32.9. The second-order valence-corrected chi connectivity index (χ2v) is 6.78. The lowest BCUT2D eigenvalue weighted by Gasteiger charge is -2.14. The van der Waals surface area contributed by atoms with E-state index in [9.17, 15) is 9.59 Å². The molecule has 0 radical (unpaired) electrons. The van der Waals surface area contributed by atoms with E-state index in [0.717, 1.165) is 11.0 Å². The van der Waals surface area contributed by atoms with Crippen LogP contribution >= 0.6 is 11.3 Å². The Morgan fingerprint density at radius 3 is 3.04 bits per heavy atom. The van der Waals surface area contributed by atoms with Crippen molar-refractivity contribution in [1.82, 2.24) is 14.9 Å². The molecule has 7 heteroatoms. The lowest BCUT2D eigenvalue weighted by atomic mass is 10.2. The second kappa shape index (κ2) is 6.61. The molecule has 6 nitrogen and oxygen atoms in total. The van der Waals surface area contributed by atoms with Gasteiger partial charge < -0.3 is 14.3 Å². The summed E-state index contributed by atoms with van der Waals surface area (Å²) in [7, 11) is 1.66. The molecule has 3 aromatic heterocycles. The van der Waals surface area contributed by atoms with Gasteiger partial charge in [-0.1, -0.05) is 18.2 Å². The summed E-state index contributed by atoms with van der Waals surface area (Å²) in [5.74, 6) is 0.853. The van der Waals surface area contributed by atoms with Crippen LogP contribution in [0, 0.1) is 0 Å². The molecule has 0 unspecified atom stereocenters. The van der Waals surface area contributed by atoms with E-state index in [1.165, 1.54) is 22.3 Å². The standard InChI is InChI=1S/C19H15N3O3S/c1-22(11-16-20-14-8-9-26-18(14)19(24)21-16)17(23)7-6-13-10-12-4-2-3-5-15(12)25-13/h2-10H,11H2,1H3,(H,20,21,24)/b7-6+. The van der Waals surface area contributed by atoms with Crippen LogP contribution in [-0.2, 0) is 11.3 Å². The molecule has 0 atom stereocenters. The van der Waals surface area contributed by atoms with Gasteiger partial charge in [0.1, 0.15) is 21.9 Å². The smallest absolute Gasteiger partial charge is 0.268 e. The zero-order valence-corrected chi connectivity index (χ0v) is 14.7. The van der Waals surface area contributed by atoms with Crippen LogP contribution in [0.1, 0.15) is 11.6 Å². The largest absolute Gasteiger partial charge is 0.457 e. The first-order valence-electron chi connectivity index (χ1n) is 7.98. The number of H-pyrrole nitrogens is 1. The third-order valence-electron chi connectivity index (χ3n) is 3.96. The summed E-state index contributed by atoms with van der Waals surface area (Å²) in [6.45, 7) is 0.213. The number of nitrogens with zero attached hydrogens (tertiary/aromatic N) is 2. The fourth-order valence-corrected chi connectivity index (χ4v) is 3.39. The Labute approximate surface area is 152 Å². The molecule has 0 bridgehead atoms. The fourth-order valence-electron chi connectivity index (χ4n) is 2.66. The molecule has 0 saturated carbocycles. The van der Waals surface area contributed by atoms with Gasteiger partial charge in [0.05, 0.1) is 12.1 Å². The van der Waals surface area contributed by atoms with E-state index in [1.54, 1.807) is 19.2 Å². The minimum absolute atomic E-state index is 0.182. The number of aromatic amines is 1. The van der Waals surface area contributed by atoms with Gasteiger partial charge >= 0.3 is 0 Å². The van der Waals surface area contributed by atoms with Crippen molar-refractivity contribution in [2.75, 3.05) is 7.05 Å². The van der Waals surface area contributed by atoms with Crippen LogP contribution in [0.5, 0.6) is 0 Å². The molecule has 1 aromatic carbocycles. The predicted octanol–water partition coefficient (Wildman–Crippen LogP) is 3.40. The number of thiophene rings is 1. The van der Waals surface area contributed by atoms with Gasteiger partial charge in [0.2, 0.25) is 5.91 Å². The highest BCUT2D eigenvalue weighted by Gasteiger charge is 2.10. The van der Waals surface area contributed by atoms with Crippen LogP contribution in [0.15, 0.2) is 57.1 Å². The summed E-state index contributed by atoms with van der Waals surface area (Å²) in [5, 5.41) is 2.81. The van der Waals surface area contributed by atoms with Crippen LogP contribution in [0.4, 0.5) is 0 Å². The number of hydrogen-bond donors (Lipinski definition) is 1. The minimum Gasteiger partial charge on any atom is -0.457 e. The van der Waals surface area contributed by atoms with Crippen LogP contribution in [-0.4, -0.2) is 27.8 Å². The SMILES string of the molecule is CN(Cc1nc2ccsc2c(=O)[nH]1)C(=O)/C=C/c1cc2ccccc2o1. The van der Waals surface area contributed by atoms with E-state index in [2.05, 4.69) is 9.97 Å². The van der Waals surface area contributed by atoms with Crippen molar-refractivity contribution >= 4 is 44.5 Å². The molecule has 26 heavy (non-hydrogen) atoms. The van der Waals surface area contributed by atoms with Crippen molar-refractivity contribution in [2.45, 2.75) is 6.54 Å². The summed E-state index contributed by atoms with van der Waals surface area (Å²) in [6.07, 6.45) is 3.08. The van der Waals surface area contributed by atoms with Gasteiger partial charge in [-0.3, -0.25) is 9.59 Å². The Balaban J connectivity index is 1.49. The van der Waals surface area contributed by atoms with E-state index in [4.69, 9.17) is 4.42 Å². The number of carbonyl (C=O) groups is 1. The number of benzene rings is 1. The minimum atomic E-state index is -0.210. The lowest BCUT2D eigenvalue weighted by Crippen LogP contribution is -2.26. The van der Waals surface area contributed by atoms with Crippen LogP contribution < -0.4 is 5.56 Å². The van der Waals surface area contributed by atoms with Gasteiger partial charge in [0, 0.05) is 18.5 Å². The van der Waals surface area contributed by atoms with Gasteiger partial charge in [-0.25, -0.2) is 4.98 Å². The Hall–Kier alpha value is -3.19. The number of para-hydroxylation sites is 1. The highest BCUT2D eigenvalue weighted by atomic mass is 32.1. The van der Waals surface area contributed by atoms with Gasteiger partial charge in [-0.2, -0.15) is 0 Å². The topological polar surface area (TPSA) is 79.2 Å². The maximum absolute atomic E-state index is 12.3. The lowest BCUT2D eigenvalue weighted by molar-refractivity contribution is -0.125. The molecule has 0 fully saturated rings. The first kappa shape index (κ1) is 16.3. The molecule has 0 spiro atoms. The average Bonchev–Trinajstić information content (AvgIpc) is 3.25. The predicted molar refractivity (Wildman–Crippen MR) is 102 cm³/mol. The number of rotatable bonds is 4. The summed E-state index contributed by atoms with van der Waals surface area (Å²) >= 11 is 1.35. The van der Waals surface area contributed by atoms with E-state index >= 15 is 0 Å². The van der Waals surface area contributed by atoms with Crippen molar-refractivity contribution in [1.29, 1.82) is 0 Å². The Kier molecular flexibility index (Phi) is 4.14. The van der Waals surface area contributed by atoms with Gasteiger partial charge in [0.25, 0.3) is 5.56 Å². The second-order valence-electron chi connectivity index (χ2n) is 5.86. The number of likely N-dealkylation sites (N-methyl/N-ethyl adjacent to an activating group) is 1. The first-order valence-corrected chi connectivity index (χ1v) is 8.86. The summed E-state index contributed by atoms with van der Waals surface area (Å²) in [6, 6.07) is 11.3. The Bertz CT molecular complexity index is 1150. The Morgan fingerprint density at radius 1 is 1.35 bits per heavy atom. The number of hydrogen-bond acceptors (Lipinski definition) is 5. The number of fused-ring (bicyclic) bond motifs is 2. The highest BCUT2D eigenvalue weighted by Crippen LogP contribution is 2.19.